The first-order valence-electron chi connectivity index (χ1n) is 8.80. The maximum Gasteiger partial charge on any atom is 0.245 e. The standard InChI is InChI=1S/C19H16Cl2FN5O2/c20-12-1-3-14(15(21)9-12)17-4-2-13(29-17)10-24-26-19-23-11-16(22)18(25-19)27-5-7-28-8-6-27/h1-4,9-11H,5-8H2,(H,23,25,26)/b24-10+. The molecule has 1 aliphatic rings. The molecule has 0 aliphatic carbocycles. The number of hydrogen-bond acceptors (Lipinski definition) is 7. The van der Waals surface area contributed by atoms with Gasteiger partial charge >= 0.3 is 0 Å². The average molecular weight is 436 g/mol. The van der Waals surface area contributed by atoms with Crippen LogP contribution in [-0.4, -0.2) is 42.5 Å². The number of benzene rings is 1. The van der Waals surface area contributed by atoms with Crippen LogP contribution in [-0.2, 0) is 4.74 Å². The Bertz CT molecular complexity index is 1040. The third-order valence-corrected chi connectivity index (χ3v) is 4.76. The van der Waals surface area contributed by atoms with Gasteiger partial charge in [0.1, 0.15) is 11.5 Å². The van der Waals surface area contributed by atoms with Gasteiger partial charge in [0.15, 0.2) is 11.6 Å². The Labute approximate surface area is 176 Å². The number of aromatic nitrogens is 2. The molecular weight excluding hydrogens is 420 g/mol. The zero-order valence-corrected chi connectivity index (χ0v) is 16.6. The number of halogens is 3. The van der Waals surface area contributed by atoms with Gasteiger partial charge in [-0.1, -0.05) is 23.2 Å². The molecular formula is C19H16Cl2FN5O2. The van der Waals surface area contributed by atoms with Crippen molar-refractivity contribution in [1.29, 1.82) is 0 Å². The predicted octanol–water partition coefficient (Wildman–Crippen LogP) is 4.47. The first-order valence-corrected chi connectivity index (χ1v) is 9.55. The van der Waals surface area contributed by atoms with Crippen molar-refractivity contribution in [1.82, 2.24) is 9.97 Å². The Morgan fingerprint density at radius 3 is 2.79 bits per heavy atom. The van der Waals surface area contributed by atoms with E-state index in [1.165, 1.54) is 6.21 Å². The van der Waals surface area contributed by atoms with Crippen LogP contribution in [0.15, 0.2) is 46.0 Å². The number of morpholine rings is 1. The lowest BCUT2D eigenvalue weighted by Crippen LogP contribution is -2.37. The van der Waals surface area contributed by atoms with Gasteiger partial charge in [-0.25, -0.2) is 14.8 Å². The number of nitrogens with zero attached hydrogens (tertiary/aromatic N) is 4. The van der Waals surface area contributed by atoms with Crippen LogP contribution >= 0.6 is 23.2 Å². The predicted molar refractivity (Wildman–Crippen MR) is 110 cm³/mol. The van der Waals surface area contributed by atoms with Crippen molar-refractivity contribution in [2.24, 2.45) is 5.10 Å². The molecule has 0 unspecified atom stereocenters. The molecule has 1 aliphatic heterocycles. The minimum atomic E-state index is -0.489. The number of ether oxygens (including phenoxy) is 1. The van der Waals surface area contributed by atoms with Crippen LogP contribution in [0.1, 0.15) is 5.76 Å². The lowest BCUT2D eigenvalue weighted by atomic mass is 10.2. The molecule has 3 heterocycles. The molecule has 0 radical (unpaired) electrons. The van der Waals surface area contributed by atoms with E-state index in [0.717, 1.165) is 11.8 Å². The summed E-state index contributed by atoms with van der Waals surface area (Å²) in [5.74, 6) is 0.988. The van der Waals surface area contributed by atoms with Crippen LogP contribution < -0.4 is 10.3 Å². The van der Waals surface area contributed by atoms with Crippen molar-refractivity contribution in [3.8, 4) is 11.3 Å². The Balaban J connectivity index is 1.45. The van der Waals surface area contributed by atoms with Crippen LogP contribution in [0.25, 0.3) is 11.3 Å². The monoisotopic (exact) mass is 435 g/mol. The van der Waals surface area contributed by atoms with Crippen LogP contribution in [0.4, 0.5) is 16.2 Å². The normalized spacial score (nSPS) is 14.5. The molecule has 1 N–H and O–H groups in total. The fourth-order valence-corrected chi connectivity index (χ4v) is 3.32. The Morgan fingerprint density at radius 1 is 1.17 bits per heavy atom. The molecule has 150 valence electrons. The van der Waals surface area contributed by atoms with Gasteiger partial charge < -0.3 is 14.1 Å². The third-order valence-electron chi connectivity index (χ3n) is 4.22. The van der Waals surface area contributed by atoms with E-state index in [-0.39, 0.29) is 11.8 Å². The van der Waals surface area contributed by atoms with Gasteiger partial charge in [-0.2, -0.15) is 10.1 Å². The van der Waals surface area contributed by atoms with Gasteiger partial charge in [-0.3, -0.25) is 0 Å². The summed E-state index contributed by atoms with van der Waals surface area (Å²) in [7, 11) is 0. The van der Waals surface area contributed by atoms with Gasteiger partial charge in [0, 0.05) is 23.7 Å². The van der Waals surface area contributed by atoms with Crippen molar-refractivity contribution < 1.29 is 13.5 Å². The number of rotatable bonds is 5. The summed E-state index contributed by atoms with van der Waals surface area (Å²) in [6.07, 6.45) is 2.58. The van der Waals surface area contributed by atoms with Gasteiger partial charge in [0.2, 0.25) is 5.95 Å². The molecule has 0 saturated carbocycles. The lowest BCUT2D eigenvalue weighted by Gasteiger charge is -2.27. The minimum absolute atomic E-state index is 0.177. The summed E-state index contributed by atoms with van der Waals surface area (Å²) >= 11 is 12.1. The summed E-state index contributed by atoms with van der Waals surface area (Å²) in [5, 5.41) is 5.10. The lowest BCUT2D eigenvalue weighted by molar-refractivity contribution is 0.122. The number of nitrogens with one attached hydrogen (secondary N) is 1. The topological polar surface area (TPSA) is 75.8 Å². The quantitative estimate of drug-likeness (QED) is 0.470. The maximum atomic E-state index is 14.1. The number of anilines is 2. The van der Waals surface area contributed by atoms with E-state index < -0.39 is 5.82 Å². The molecule has 0 atom stereocenters. The van der Waals surface area contributed by atoms with Gasteiger partial charge in [-0.05, 0) is 30.3 Å². The van der Waals surface area contributed by atoms with E-state index in [1.807, 2.05) is 4.90 Å². The van der Waals surface area contributed by atoms with Crippen molar-refractivity contribution in [2.75, 3.05) is 36.6 Å². The molecule has 1 aromatic carbocycles. The summed E-state index contributed by atoms with van der Waals surface area (Å²) < 4.78 is 25.1. The summed E-state index contributed by atoms with van der Waals surface area (Å²) in [4.78, 5) is 9.92. The summed E-state index contributed by atoms with van der Waals surface area (Å²) in [6, 6.07) is 8.69. The van der Waals surface area contributed by atoms with Crippen LogP contribution in [0.3, 0.4) is 0 Å². The fourth-order valence-electron chi connectivity index (χ4n) is 2.82. The molecule has 29 heavy (non-hydrogen) atoms. The molecule has 0 spiro atoms. The number of hydrazone groups is 1. The van der Waals surface area contributed by atoms with E-state index in [1.54, 1.807) is 30.3 Å². The minimum Gasteiger partial charge on any atom is -0.455 e. The summed E-state index contributed by atoms with van der Waals surface area (Å²) in [6.45, 7) is 2.20. The van der Waals surface area contributed by atoms with Crippen LogP contribution in [0, 0.1) is 5.82 Å². The van der Waals surface area contributed by atoms with E-state index in [0.29, 0.717) is 47.9 Å². The number of furan rings is 1. The van der Waals surface area contributed by atoms with Crippen molar-refractivity contribution in [3.63, 3.8) is 0 Å². The van der Waals surface area contributed by atoms with Crippen molar-refractivity contribution >= 4 is 41.2 Å². The van der Waals surface area contributed by atoms with E-state index >= 15 is 0 Å². The highest BCUT2D eigenvalue weighted by molar-refractivity contribution is 6.36. The highest BCUT2D eigenvalue weighted by Crippen LogP contribution is 2.31. The van der Waals surface area contributed by atoms with Crippen molar-refractivity contribution in [2.45, 2.75) is 0 Å². The van der Waals surface area contributed by atoms with Gasteiger partial charge in [-0.15, -0.1) is 0 Å². The molecule has 2 aromatic heterocycles. The molecule has 7 nitrogen and oxygen atoms in total. The van der Waals surface area contributed by atoms with Crippen LogP contribution in [0.2, 0.25) is 10.0 Å². The largest absolute Gasteiger partial charge is 0.455 e. The number of hydrogen-bond donors (Lipinski definition) is 1. The van der Waals surface area contributed by atoms with Crippen LogP contribution in [0.5, 0.6) is 0 Å². The smallest absolute Gasteiger partial charge is 0.245 e. The first-order chi connectivity index (χ1) is 14.1. The molecule has 1 fully saturated rings. The second kappa shape index (κ2) is 8.77. The highest BCUT2D eigenvalue weighted by Gasteiger charge is 2.17. The second-order valence-corrected chi connectivity index (χ2v) is 7.00. The van der Waals surface area contributed by atoms with E-state index in [9.17, 15) is 4.39 Å². The highest BCUT2D eigenvalue weighted by atomic mass is 35.5. The second-order valence-electron chi connectivity index (χ2n) is 6.16. The maximum absolute atomic E-state index is 14.1. The molecule has 3 aromatic rings. The first kappa shape index (κ1) is 19.6. The van der Waals surface area contributed by atoms with Gasteiger partial charge in [0.05, 0.1) is 30.6 Å². The van der Waals surface area contributed by atoms with Crippen molar-refractivity contribution in [3.05, 3.63) is 58.2 Å². The molecule has 0 amide bonds. The Morgan fingerprint density at radius 2 is 2.00 bits per heavy atom. The molecule has 10 heteroatoms. The zero-order valence-electron chi connectivity index (χ0n) is 15.1. The SMILES string of the molecule is Fc1cnc(N/N=C/c2ccc(-c3ccc(Cl)cc3Cl)o2)nc1N1CCOCC1. The Hall–Kier alpha value is -2.68. The molecule has 0 bridgehead atoms. The third kappa shape index (κ3) is 4.67. The van der Waals surface area contributed by atoms with Gasteiger partial charge in [0.25, 0.3) is 0 Å². The fraction of sp³-hybridized carbons (Fsp3) is 0.211. The molecule has 1 saturated heterocycles. The molecule has 4 rings (SSSR count). The summed E-state index contributed by atoms with van der Waals surface area (Å²) in [5.41, 5.74) is 3.41. The average Bonchev–Trinajstić information content (AvgIpc) is 3.18. The van der Waals surface area contributed by atoms with E-state index in [4.69, 9.17) is 32.4 Å². The van der Waals surface area contributed by atoms with E-state index in [2.05, 4.69) is 20.5 Å². The zero-order chi connectivity index (χ0) is 20.2. The Kier molecular flexibility index (Phi) is 5.94.